The normalized spacial score (nSPS) is 9.00. The van der Waals surface area contributed by atoms with E-state index in [9.17, 15) is 0 Å². The standard InChI is InChI=1S/C4H12S.BH2O2.Na.H2O.H/c1-5(2,3)4;2-1-3;;;/h1-4H3;2-3H;;1H2;/q;;+1;;-1. The van der Waals surface area contributed by atoms with E-state index in [-0.39, 0.29) is 54.2 Å². The minimum absolute atomic E-state index is 0. The Bertz CT molecular complexity index is 49.1. The van der Waals surface area contributed by atoms with Gasteiger partial charge in [0.1, 0.15) is 0 Å². The van der Waals surface area contributed by atoms with Crippen molar-refractivity contribution in [2.45, 2.75) is 0 Å². The van der Waals surface area contributed by atoms with Gasteiger partial charge in [-0.05, 0) is 25.0 Å². The van der Waals surface area contributed by atoms with Crippen LogP contribution in [0.2, 0.25) is 0 Å². The monoisotopic (exact) mass is 179 g/mol. The van der Waals surface area contributed by atoms with Crippen LogP contribution in [0.4, 0.5) is 0 Å². The van der Waals surface area contributed by atoms with E-state index in [2.05, 4.69) is 25.0 Å². The smallest absolute Gasteiger partial charge is 1.00 e. The van der Waals surface area contributed by atoms with Crippen molar-refractivity contribution in [2.75, 3.05) is 25.0 Å². The van der Waals surface area contributed by atoms with Crippen molar-refractivity contribution in [3.8, 4) is 0 Å². The summed E-state index contributed by atoms with van der Waals surface area (Å²) in [5, 5.41) is 14.0. The van der Waals surface area contributed by atoms with Crippen LogP contribution in [0.3, 0.4) is 0 Å². The molecule has 0 bridgehead atoms. The third-order valence-electron chi connectivity index (χ3n) is 0. The van der Waals surface area contributed by atoms with E-state index in [1.165, 1.54) is 0 Å². The molecular weight excluding hydrogens is 162 g/mol. The predicted octanol–water partition coefficient (Wildman–Crippen LogP) is -3.89. The second-order valence-electron chi connectivity index (χ2n) is 2.56. The molecule has 3 nitrogen and oxygen atoms in total. The Morgan fingerprint density at radius 2 is 1.10 bits per heavy atom. The summed E-state index contributed by atoms with van der Waals surface area (Å²) >= 11 is 0. The minimum atomic E-state index is -0.167. The van der Waals surface area contributed by atoms with Gasteiger partial charge in [-0.2, -0.15) is 0 Å². The Labute approximate surface area is 88.9 Å². The fraction of sp³-hybridized carbons (Fsp3) is 1.00. The molecule has 0 fully saturated rings. The molecule has 0 unspecified atom stereocenters. The summed E-state index contributed by atoms with van der Waals surface area (Å²) in [6, 6.07) is 0. The average Bonchev–Trinajstić information content (AvgIpc) is 1.27. The quantitative estimate of drug-likeness (QED) is 0.373. The first kappa shape index (κ1) is 22.5. The molecule has 0 amide bonds. The van der Waals surface area contributed by atoms with Crippen molar-refractivity contribution in [3.63, 3.8) is 0 Å². The third-order valence-corrected chi connectivity index (χ3v) is 0. The fourth-order valence-electron chi connectivity index (χ4n) is 0. The predicted molar refractivity (Wildman–Crippen MR) is 46.2 cm³/mol. The van der Waals surface area contributed by atoms with Crippen LogP contribution in [-0.4, -0.2) is 48.2 Å². The SMILES string of the molecule is CS(C)(C)C.O.O[B]O.[H-].[Na+]. The van der Waals surface area contributed by atoms with E-state index in [1.807, 2.05) is 0 Å². The van der Waals surface area contributed by atoms with Gasteiger partial charge in [0, 0.05) is 0 Å². The van der Waals surface area contributed by atoms with Gasteiger partial charge >= 0.3 is 37.2 Å². The molecule has 0 saturated carbocycles. The summed E-state index contributed by atoms with van der Waals surface area (Å²) in [5.41, 5.74) is 0. The van der Waals surface area contributed by atoms with E-state index >= 15 is 0 Å². The molecule has 61 valence electrons. The van der Waals surface area contributed by atoms with Crippen LogP contribution in [-0.2, 0) is 0 Å². The molecule has 0 spiro atoms. The first-order valence-corrected chi connectivity index (χ1v) is 5.42. The molecule has 0 aromatic carbocycles. The van der Waals surface area contributed by atoms with Gasteiger partial charge in [0.25, 0.3) is 0 Å². The Kier molecular flexibility index (Phi) is 29.1. The maximum Gasteiger partial charge on any atom is 1.00 e. The summed E-state index contributed by atoms with van der Waals surface area (Å²) in [7, 11) is -0.167. The van der Waals surface area contributed by atoms with E-state index in [4.69, 9.17) is 10.0 Å². The minimum Gasteiger partial charge on any atom is -1.00 e. The zero-order valence-electron chi connectivity index (χ0n) is 8.38. The van der Waals surface area contributed by atoms with Crippen LogP contribution < -0.4 is 29.6 Å². The largest absolute Gasteiger partial charge is 1.00 e. The third kappa shape index (κ3) is 381. The number of hydrogen-bond acceptors (Lipinski definition) is 2. The summed E-state index contributed by atoms with van der Waals surface area (Å²) in [4.78, 5) is 0. The molecule has 0 aliphatic heterocycles. The summed E-state index contributed by atoms with van der Waals surface area (Å²) in [5.74, 6) is 0. The van der Waals surface area contributed by atoms with Crippen molar-refractivity contribution < 1.29 is 46.5 Å². The summed E-state index contributed by atoms with van der Waals surface area (Å²) in [6.45, 7) is 0. The van der Waals surface area contributed by atoms with Gasteiger partial charge in [-0.1, -0.05) is 0 Å². The van der Waals surface area contributed by atoms with Gasteiger partial charge in [0.05, 0.1) is 0 Å². The molecule has 0 aliphatic rings. The number of rotatable bonds is 0. The molecule has 0 heterocycles. The molecule has 1 radical (unpaired) electrons. The Balaban J connectivity index is -0.0000000183. The van der Waals surface area contributed by atoms with Crippen LogP contribution >= 0.6 is 10.0 Å². The van der Waals surface area contributed by atoms with E-state index < -0.39 is 0 Å². The van der Waals surface area contributed by atoms with Crippen molar-refractivity contribution in [1.29, 1.82) is 0 Å². The van der Waals surface area contributed by atoms with Gasteiger partial charge in [0.15, 0.2) is 0 Å². The van der Waals surface area contributed by atoms with Crippen molar-refractivity contribution in [1.82, 2.24) is 0 Å². The Morgan fingerprint density at radius 3 is 1.10 bits per heavy atom. The molecule has 0 aliphatic carbocycles. The van der Waals surface area contributed by atoms with Crippen LogP contribution in [0, 0.1) is 0 Å². The average molecular weight is 179 g/mol. The first-order valence-electron chi connectivity index (χ1n) is 2.15. The van der Waals surface area contributed by atoms with Gasteiger partial charge < -0.3 is 17.0 Å². The fourth-order valence-corrected chi connectivity index (χ4v) is 0. The Hall–Kier alpha value is 1.29. The van der Waals surface area contributed by atoms with Crippen molar-refractivity contribution >= 4 is 17.7 Å². The molecule has 4 N–H and O–H groups in total. The van der Waals surface area contributed by atoms with Crippen LogP contribution in [0.5, 0.6) is 0 Å². The maximum atomic E-state index is 7.00. The van der Waals surface area contributed by atoms with E-state index in [0.29, 0.717) is 0 Å². The van der Waals surface area contributed by atoms with Crippen molar-refractivity contribution in [3.05, 3.63) is 0 Å². The van der Waals surface area contributed by atoms with Crippen LogP contribution in [0.1, 0.15) is 1.43 Å². The second kappa shape index (κ2) is 12.9. The molecule has 0 aromatic rings. The molecule has 0 atom stereocenters. The van der Waals surface area contributed by atoms with E-state index in [1.54, 1.807) is 0 Å². The van der Waals surface area contributed by atoms with Crippen molar-refractivity contribution in [2.24, 2.45) is 0 Å². The van der Waals surface area contributed by atoms with Gasteiger partial charge in [-0.3, -0.25) is 10.0 Å². The summed E-state index contributed by atoms with van der Waals surface area (Å²) < 4.78 is 0. The zero-order valence-corrected chi connectivity index (χ0v) is 10.2. The molecule has 0 aromatic heterocycles. The van der Waals surface area contributed by atoms with Crippen LogP contribution in [0.15, 0.2) is 0 Å². The first-order chi connectivity index (χ1) is 3.41. The topological polar surface area (TPSA) is 72.0 Å². The van der Waals surface area contributed by atoms with Gasteiger partial charge in [0.2, 0.25) is 0 Å². The summed E-state index contributed by atoms with van der Waals surface area (Å²) in [6.07, 6.45) is 9.08. The van der Waals surface area contributed by atoms with E-state index in [0.717, 1.165) is 0 Å². The molecular formula is C4H17BNaO3S. The molecule has 10 heavy (non-hydrogen) atoms. The maximum absolute atomic E-state index is 7.00. The number of hydrogen-bond donors (Lipinski definition) is 2. The van der Waals surface area contributed by atoms with Gasteiger partial charge in [-0.25, -0.2) is 0 Å². The van der Waals surface area contributed by atoms with Gasteiger partial charge in [-0.15, -0.1) is 0 Å². The molecule has 0 rings (SSSR count). The zero-order chi connectivity index (χ0) is 7.21. The second-order valence-corrected chi connectivity index (χ2v) is 7.46. The molecule has 6 heteroatoms. The molecule has 0 saturated heterocycles. The Morgan fingerprint density at radius 1 is 1.10 bits per heavy atom. The van der Waals surface area contributed by atoms with Crippen LogP contribution in [0.25, 0.3) is 0 Å².